The van der Waals surface area contributed by atoms with Gasteiger partial charge in [0.1, 0.15) is 13.2 Å². The van der Waals surface area contributed by atoms with Crippen LogP contribution in [0.15, 0.2) is 85.1 Å². The molecule has 1 atom stereocenters. The minimum absolute atomic E-state index is 0.0915. The van der Waals surface area contributed by atoms with Crippen molar-refractivity contribution in [2.24, 2.45) is 0 Å². The van der Waals surface area contributed by atoms with Gasteiger partial charge in [0.05, 0.1) is 0 Å². The van der Waals surface area contributed by atoms with E-state index in [-0.39, 0.29) is 31.1 Å². The molecule has 0 aromatic carbocycles. The summed E-state index contributed by atoms with van der Waals surface area (Å²) in [6.07, 6.45) is 62.8. The Morgan fingerprint density at radius 1 is 0.344 bits per heavy atom. The van der Waals surface area contributed by atoms with Crippen LogP contribution < -0.4 is 0 Å². The summed E-state index contributed by atoms with van der Waals surface area (Å²) >= 11 is 0. The first-order chi connectivity index (χ1) is 30.0. The Morgan fingerprint density at radius 2 is 0.639 bits per heavy atom. The zero-order valence-corrected chi connectivity index (χ0v) is 39.7. The first kappa shape index (κ1) is 57.6. The fraction of sp³-hybridized carbons (Fsp3) is 0.691. The van der Waals surface area contributed by atoms with Crippen LogP contribution in [0.25, 0.3) is 0 Å². The predicted molar refractivity (Wildman–Crippen MR) is 261 cm³/mol. The van der Waals surface area contributed by atoms with Crippen molar-refractivity contribution in [3.8, 4) is 0 Å². The first-order valence-corrected chi connectivity index (χ1v) is 25.1. The molecule has 0 spiro atoms. The number of carbonyl (C=O) groups excluding carboxylic acids is 3. The van der Waals surface area contributed by atoms with E-state index in [1.165, 1.54) is 64.2 Å². The third-order valence-electron chi connectivity index (χ3n) is 10.4. The van der Waals surface area contributed by atoms with Gasteiger partial charge in [-0.2, -0.15) is 0 Å². The molecule has 0 heterocycles. The maximum atomic E-state index is 12.8. The molecule has 0 aromatic heterocycles. The molecule has 0 N–H and O–H groups in total. The number of rotatable bonds is 44. The van der Waals surface area contributed by atoms with Gasteiger partial charge in [0.2, 0.25) is 0 Å². The van der Waals surface area contributed by atoms with Gasteiger partial charge in [-0.15, -0.1) is 0 Å². The molecule has 0 amide bonds. The number of allylic oxidation sites excluding steroid dienone is 14. The van der Waals surface area contributed by atoms with Crippen LogP contribution in [0, 0.1) is 0 Å². The smallest absolute Gasteiger partial charge is 0.306 e. The summed E-state index contributed by atoms with van der Waals surface area (Å²) in [5.41, 5.74) is 0. The number of ether oxygens (including phenoxy) is 3. The van der Waals surface area contributed by atoms with Crippen LogP contribution >= 0.6 is 0 Å². The third kappa shape index (κ3) is 47.5. The van der Waals surface area contributed by atoms with E-state index in [0.717, 1.165) is 122 Å². The zero-order valence-electron chi connectivity index (χ0n) is 39.7. The Balaban J connectivity index is 4.43. The van der Waals surface area contributed by atoms with E-state index in [2.05, 4.69) is 106 Å². The van der Waals surface area contributed by atoms with Crippen molar-refractivity contribution in [1.82, 2.24) is 0 Å². The molecule has 6 nitrogen and oxygen atoms in total. The van der Waals surface area contributed by atoms with E-state index in [1.54, 1.807) is 0 Å². The Kier molecular flexibility index (Phi) is 46.5. The fourth-order valence-electron chi connectivity index (χ4n) is 6.63. The van der Waals surface area contributed by atoms with E-state index in [0.29, 0.717) is 19.3 Å². The van der Waals surface area contributed by atoms with Crippen molar-refractivity contribution < 1.29 is 28.6 Å². The minimum Gasteiger partial charge on any atom is -0.462 e. The molecule has 0 aliphatic rings. The molecule has 0 aliphatic heterocycles. The molecular weight excluding hydrogens is 757 g/mol. The van der Waals surface area contributed by atoms with Gasteiger partial charge in [-0.1, -0.05) is 189 Å². The van der Waals surface area contributed by atoms with Crippen molar-refractivity contribution in [2.45, 2.75) is 232 Å². The molecule has 0 aliphatic carbocycles. The number of hydrogen-bond donors (Lipinski definition) is 0. The van der Waals surface area contributed by atoms with Gasteiger partial charge in [0.15, 0.2) is 6.10 Å². The SMILES string of the molecule is CC/C=C\C/C=C\C/C=C\CCCCCCCCC(=O)OCC(COC(=O)CCCCCCC/C=C\CCCC)OC(=O)CCCCCCCC/C=C\C/C=C\C/C=C\CC. The van der Waals surface area contributed by atoms with E-state index in [1.807, 2.05) is 0 Å². The maximum Gasteiger partial charge on any atom is 0.306 e. The van der Waals surface area contributed by atoms with Gasteiger partial charge in [-0.05, 0) is 103 Å². The lowest BCUT2D eigenvalue weighted by atomic mass is 10.1. The highest BCUT2D eigenvalue weighted by Crippen LogP contribution is 2.14. The highest BCUT2D eigenvalue weighted by molar-refractivity contribution is 5.71. The van der Waals surface area contributed by atoms with E-state index >= 15 is 0 Å². The predicted octanol–water partition coefficient (Wildman–Crippen LogP) is 16.4. The van der Waals surface area contributed by atoms with Crippen LogP contribution in [0.2, 0.25) is 0 Å². The summed E-state index contributed by atoms with van der Waals surface area (Å²) in [5, 5.41) is 0. The summed E-state index contributed by atoms with van der Waals surface area (Å²) in [5.74, 6) is -0.930. The second-order valence-corrected chi connectivity index (χ2v) is 16.3. The number of carbonyl (C=O) groups is 3. The summed E-state index contributed by atoms with van der Waals surface area (Å²) in [6.45, 7) is 6.34. The molecule has 1 unspecified atom stereocenters. The fourth-order valence-corrected chi connectivity index (χ4v) is 6.63. The Morgan fingerprint density at radius 3 is 1.02 bits per heavy atom. The third-order valence-corrected chi connectivity index (χ3v) is 10.4. The Hall–Kier alpha value is -3.41. The van der Waals surface area contributed by atoms with Crippen molar-refractivity contribution in [1.29, 1.82) is 0 Å². The van der Waals surface area contributed by atoms with Crippen LogP contribution in [-0.4, -0.2) is 37.2 Å². The summed E-state index contributed by atoms with van der Waals surface area (Å²) < 4.78 is 16.7. The van der Waals surface area contributed by atoms with Gasteiger partial charge in [-0.3, -0.25) is 14.4 Å². The van der Waals surface area contributed by atoms with E-state index in [9.17, 15) is 14.4 Å². The van der Waals surface area contributed by atoms with Gasteiger partial charge in [0.25, 0.3) is 0 Å². The van der Waals surface area contributed by atoms with Crippen LogP contribution in [0.3, 0.4) is 0 Å². The van der Waals surface area contributed by atoms with Crippen molar-refractivity contribution >= 4 is 17.9 Å². The van der Waals surface area contributed by atoms with E-state index in [4.69, 9.17) is 14.2 Å². The van der Waals surface area contributed by atoms with Crippen molar-refractivity contribution in [3.63, 3.8) is 0 Å². The lowest BCUT2D eigenvalue weighted by Gasteiger charge is -2.18. The largest absolute Gasteiger partial charge is 0.462 e. The number of hydrogen-bond acceptors (Lipinski definition) is 6. The summed E-state index contributed by atoms with van der Waals surface area (Å²) in [7, 11) is 0. The average molecular weight is 849 g/mol. The molecule has 0 fully saturated rings. The highest BCUT2D eigenvalue weighted by Gasteiger charge is 2.19. The second kappa shape index (κ2) is 49.2. The quantitative estimate of drug-likeness (QED) is 0.0263. The zero-order chi connectivity index (χ0) is 44.4. The van der Waals surface area contributed by atoms with Gasteiger partial charge < -0.3 is 14.2 Å². The van der Waals surface area contributed by atoms with Crippen molar-refractivity contribution in [3.05, 3.63) is 85.1 Å². The van der Waals surface area contributed by atoms with Crippen molar-refractivity contribution in [2.75, 3.05) is 13.2 Å². The lowest BCUT2D eigenvalue weighted by Crippen LogP contribution is -2.30. The Labute approximate surface area is 375 Å². The maximum absolute atomic E-state index is 12.8. The molecule has 0 radical (unpaired) electrons. The number of esters is 3. The molecule has 61 heavy (non-hydrogen) atoms. The van der Waals surface area contributed by atoms with Gasteiger partial charge in [-0.25, -0.2) is 0 Å². The molecule has 0 aromatic rings. The standard InChI is InChI=1S/C55H92O6/c1-4-7-10-13-16-19-22-24-26-28-30-33-36-39-42-45-48-54(57)60-51-52(50-59-53(56)47-44-41-38-35-32-21-18-15-12-9-6-3)61-55(58)49-46-43-40-37-34-31-29-27-25-23-20-17-14-11-8-5-2/h7-8,10-11,15-20,24-27,52H,4-6,9,12-14,21-23,28-51H2,1-3H3/b10-7-,11-8-,18-15-,19-16-,20-17-,26-24-,27-25-. The highest BCUT2D eigenvalue weighted by atomic mass is 16.6. The van der Waals surface area contributed by atoms with Crippen LogP contribution in [0.4, 0.5) is 0 Å². The summed E-state index contributed by atoms with van der Waals surface area (Å²) in [6, 6.07) is 0. The second-order valence-electron chi connectivity index (χ2n) is 16.3. The molecule has 6 heteroatoms. The van der Waals surface area contributed by atoms with Gasteiger partial charge in [0, 0.05) is 19.3 Å². The normalized spacial score (nSPS) is 12.8. The van der Waals surface area contributed by atoms with Crippen LogP contribution in [0.5, 0.6) is 0 Å². The monoisotopic (exact) mass is 849 g/mol. The summed E-state index contributed by atoms with van der Waals surface area (Å²) in [4.78, 5) is 37.9. The van der Waals surface area contributed by atoms with E-state index < -0.39 is 6.10 Å². The minimum atomic E-state index is -0.791. The molecule has 0 rings (SSSR count). The average Bonchev–Trinajstić information content (AvgIpc) is 3.26. The molecular formula is C55H92O6. The molecule has 348 valence electrons. The number of unbranched alkanes of at least 4 members (excludes halogenated alkanes) is 19. The van der Waals surface area contributed by atoms with Gasteiger partial charge >= 0.3 is 17.9 Å². The lowest BCUT2D eigenvalue weighted by molar-refractivity contribution is -0.167. The molecule has 0 saturated heterocycles. The molecule has 0 saturated carbocycles. The molecule has 0 bridgehead atoms. The first-order valence-electron chi connectivity index (χ1n) is 25.1. The Bertz CT molecular complexity index is 1200. The van der Waals surface area contributed by atoms with Crippen LogP contribution in [0.1, 0.15) is 226 Å². The van der Waals surface area contributed by atoms with Crippen LogP contribution in [-0.2, 0) is 28.6 Å². The topological polar surface area (TPSA) is 78.9 Å².